The van der Waals surface area contributed by atoms with Gasteiger partial charge in [-0.15, -0.1) is 0 Å². The third kappa shape index (κ3) is 2.57. The molecular formula is C13H20N4O3S. The lowest BCUT2D eigenvalue weighted by Crippen LogP contribution is -2.35. The van der Waals surface area contributed by atoms with Gasteiger partial charge in [0.25, 0.3) is 5.91 Å². The molecule has 2 aliphatic heterocycles. The van der Waals surface area contributed by atoms with Crippen LogP contribution in [0.1, 0.15) is 34.8 Å². The number of rotatable bonds is 2. The lowest BCUT2D eigenvalue weighted by molar-refractivity contribution is 0.0777. The van der Waals surface area contributed by atoms with Crippen molar-refractivity contribution in [1.82, 2.24) is 18.8 Å². The number of fused-ring (bicyclic) bond motifs is 1. The second-order valence-electron chi connectivity index (χ2n) is 5.73. The largest absolute Gasteiger partial charge is 0.336 e. The molecule has 1 aromatic rings. The normalized spacial score (nSPS) is 19.8. The maximum atomic E-state index is 12.5. The molecule has 1 aromatic heterocycles. The van der Waals surface area contributed by atoms with E-state index >= 15 is 0 Å². The van der Waals surface area contributed by atoms with Crippen molar-refractivity contribution in [3.8, 4) is 0 Å². The van der Waals surface area contributed by atoms with Crippen LogP contribution in [-0.2, 0) is 30.0 Å². The topological polar surface area (TPSA) is 75.5 Å². The molecule has 0 atom stereocenters. The first-order chi connectivity index (χ1) is 9.88. The Kier molecular flexibility index (Phi) is 3.53. The first-order valence-corrected chi connectivity index (χ1v) is 9.01. The van der Waals surface area contributed by atoms with Crippen LogP contribution in [0.4, 0.5) is 0 Å². The van der Waals surface area contributed by atoms with Gasteiger partial charge in [-0.2, -0.15) is 4.31 Å². The van der Waals surface area contributed by atoms with Crippen LogP contribution in [0.15, 0.2) is 0 Å². The highest BCUT2D eigenvalue weighted by Crippen LogP contribution is 2.22. The molecule has 3 heterocycles. The van der Waals surface area contributed by atoms with Crippen LogP contribution < -0.4 is 0 Å². The van der Waals surface area contributed by atoms with Crippen LogP contribution in [0.25, 0.3) is 0 Å². The van der Waals surface area contributed by atoms with E-state index in [0.29, 0.717) is 24.5 Å². The van der Waals surface area contributed by atoms with Crippen LogP contribution in [0.5, 0.6) is 0 Å². The molecule has 3 rings (SSSR count). The molecule has 2 aliphatic rings. The monoisotopic (exact) mass is 312 g/mol. The summed E-state index contributed by atoms with van der Waals surface area (Å²) < 4.78 is 26.5. The van der Waals surface area contributed by atoms with Crippen molar-refractivity contribution >= 4 is 15.9 Å². The first-order valence-electron chi connectivity index (χ1n) is 7.17. The molecule has 8 heteroatoms. The molecule has 116 valence electrons. The van der Waals surface area contributed by atoms with Crippen molar-refractivity contribution in [2.45, 2.75) is 25.8 Å². The lowest BCUT2D eigenvalue weighted by atomic mass is 10.2. The fourth-order valence-electron chi connectivity index (χ4n) is 3.04. The smallest absolute Gasteiger partial charge is 0.289 e. The third-order valence-corrected chi connectivity index (χ3v) is 5.52. The van der Waals surface area contributed by atoms with Crippen molar-refractivity contribution in [2.75, 3.05) is 25.9 Å². The van der Waals surface area contributed by atoms with Gasteiger partial charge in [0.2, 0.25) is 10.0 Å². The summed E-state index contributed by atoms with van der Waals surface area (Å²) in [5, 5.41) is 0. The van der Waals surface area contributed by atoms with Gasteiger partial charge in [0.15, 0.2) is 5.82 Å². The summed E-state index contributed by atoms with van der Waals surface area (Å²) in [6.07, 6.45) is 3.88. The summed E-state index contributed by atoms with van der Waals surface area (Å²) in [6.45, 7) is 2.27. The summed E-state index contributed by atoms with van der Waals surface area (Å²) in [6, 6.07) is 0. The van der Waals surface area contributed by atoms with Crippen LogP contribution in [0.3, 0.4) is 0 Å². The Labute approximate surface area is 124 Å². The summed E-state index contributed by atoms with van der Waals surface area (Å²) in [5.41, 5.74) is 1.68. The summed E-state index contributed by atoms with van der Waals surface area (Å²) in [7, 11) is -1.38. The molecule has 0 bridgehead atoms. The molecule has 0 radical (unpaired) electrons. The maximum Gasteiger partial charge on any atom is 0.289 e. The predicted octanol–water partition coefficient (Wildman–Crippen LogP) is -0.0262. The molecule has 0 unspecified atom stereocenters. The van der Waals surface area contributed by atoms with Crippen LogP contribution in [0, 0.1) is 0 Å². The second kappa shape index (κ2) is 5.10. The fraction of sp³-hybridized carbons (Fsp3) is 0.692. The van der Waals surface area contributed by atoms with Crippen LogP contribution in [-0.4, -0.2) is 59.0 Å². The van der Waals surface area contributed by atoms with E-state index in [4.69, 9.17) is 0 Å². The number of hydrogen-bond acceptors (Lipinski definition) is 4. The quantitative estimate of drug-likeness (QED) is 0.769. The van der Waals surface area contributed by atoms with E-state index in [2.05, 4.69) is 4.98 Å². The van der Waals surface area contributed by atoms with Gasteiger partial charge >= 0.3 is 0 Å². The Morgan fingerprint density at radius 2 is 1.86 bits per heavy atom. The highest BCUT2D eigenvalue weighted by molar-refractivity contribution is 7.88. The molecule has 0 spiro atoms. The predicted molar refractivity (Wildman–Crippen MR) is 77.3 cm³/mol. The molecule has 0 N–H and O–H groups in total. The fourth-order valence-corrected chi connectivity index (χ4v) is 3.82. The number of aromatic nitrogens is 2. The number of hydrogen-bond donors (Lipinski definition) is 0. The number of carbonyl (C=O) groups excluding carboxylic acids is 1. The molecule has 1 fully saturated rings. The first kappa shape index (κ1) is 14.5. The average molecular weight is 312 g/mol. The minimum atomic E-state index is -3.22. The van der Waals surface area contributed by atoms with Gasteiger partial charge in [0, 0.05) is 38.8 Å². The third-order valence-electron chi connectivity index (χ3n) is 4.27. The zero-order chi connectivity index (χ0) is 15.2. The van der Waals surface area contributed by atoms with Gasteiger partial charge in [0.05, 0.1) is 18.5 Å². The minimum absolute atomic E-state index is 0.0460. The van der Waals surface area contributed by atoms with Crippen molar-refractivity contribution in [1.29, 1.82) is 0 Å². The molecule has 0 saturated carbocycles. The van der Waals surface area contributed by atoms with E-state index < -0.39 is 10.0 Å². The number of imidazole rings is 1. The lowest BCUT2D eigenvalue weighted by Gasteiger charge is -2.24. The van der Waals surface area contributed by atoms with E-state index in [1.54, 1.807) is 0 Å². The Bertz CT molecular complexity index is 674. The molecule has 1 saturated heterocycles. The summed E-state index contributed by atoms with van der Waals surface area (Å²) in [4.78, 5) is 18.7. The Morgan fingerprint density at radius 1 is 1.19 bits per heavy atom. The Balaban J connectivity index is 1.89. The van der Waals surface area contributed by atoms with Crippen LogP contribution in [0.2, 0.25) is 0 Å². The standard InChI is InChI=1S/C13H20N4O3S/c1-15-11-5-8-17(21(2,19)20)9-10(11)14-12(15)13(18)16-6-3-4-7-16/h3-9H2,1-2H3. The van der Waals surface area contributed by atoms with Crippen molar-refractivity contribution < 1.29 is 13.2 Å². The van der Waals surface area contributed by atoms with Crippen molar-refractivity contribution in [3.05, 3.63) is 17.2 Å². The van der Waals surface area contributed by atoms with Gasteiger partial charge in [-0.05, 0) is 12.8 Å². The average Bonchev–Trinajstić information content (AvgIpc) is 3.05. The maximum absolute atomic E-state index is 12.5. The number of likely N-dealkylation sites (tertiary alicyclic amines) is 1. The van der Waals surface area contributed by atoms with Crippen molar-refractivity contribution in [3.63, 3.8) is 0 Å². The van der Waals surface area contributed by atoms with E-state index in [0.717, 1.165) is 31.6 Å². The van der Waals surface area contributed by atoms with Gasteiger partial charge in [-0.1, -0.05) is 0 Å². The second-order valence-corrected chi connectivity index (χ2v) is 7.72. The molecule has 21 heavy (non-hydrogen) atoms. The highest BCUT2D eigenvalue weighted by Gasteiger charge is 2.31. The van der Waals surface area contributed by atoms with E-state index in [1.165, 1.54) is 10.6 Å². The zero-order valence-corrected chi connectivity index (χ0v) is 13.2. The molecule has 0 aliphatic carbocycles. The Hall–Kier alpha value is -1.41. The molecule has 0 aromatic carbocycles. The molecular weight excluding hydrogens is 292 g/mol. The minimum Gasteiger partial charge on any atom is -0.336 e. The zero-order valence-electron chi connectivity index (χ0n) is 12.4. The van der Waals surface area contributed by atoms with E-state index in [9.17, 15) is 13.2 Å². The highest BCUT2D eigenvalue weighted by atomic mass is 32.2. The van der Waals surface area contributed by atoms with E-state index in [-0.39, 0.29) is 12.5 Å². The Morgan fingerprint density at radius 3 is 2.48 bits per heavy atom. The van der Waals surface area contributed by atoms with Gasteiger partial charge in [-0.3, -0.25) is 4.79 Å². The van der Waals surface area contributed by atoms with E-state index in [1.807, 2.05) is 16.5 Å². The number of amides is 1. The number of carbonyl (C=O) groups is 1. The number of sulfonamides is 1. The molecule has 1 amide bonds. The van der Waals surface area contributed by atoms with Gasteiger partial charge < -0.3 is 9.47 Å². The number of nitrogens with zero attached hydrogens (tertiary/aromatic N) is 4. The van der Waals surface area contributed by atoms with Crippen molar-refractivity contribution in [2.24, 2.45) is 7.05 Å². The van der Waals surface area contributed by atoms with Gasteiger partial charge in [0.1, 0.15) is 0 Å². The molecule has 7 nitrogen and oxygen atoms in total. The van der Waals surface area contributed by atoms with Gasteiger partial charge in [-0.25, -0.2) is 13.4 Å². The summed E-state index contributed by atoms with van der Waals surface area (Å²) in [5.74, 6) is 0.382. The summed E-state index contributed by atoms with van der Waals surface area (Å²) >= 11 is 0. The van der Waals surface area contributed by atoms with Crippen LogP contribution >= 0.6 is 0 Å². The SMILES string of the molecule is Cn1c(C(=O)N2CCCC2)nc2c1CCN(S(C)(=O)=O)C2.